The standard InChI is InChI=1S/C14H20N2O/c15-13-7-3-2-6-12(13)14(8-11-17)16-9-4-1-5-10-16/h2-3,6-7,11,14H,1,4-5,8-10,15H2. The van der Waals surface area contributed by atoms with E-state index in [1.807, 2.05) is 24.3 Å². The van der Waals surface area contributed by atoms with E-state index in [-0.39, 0.29) is 6.04 Å². The quantitative estimate of drug-likeness (QED) is 0.640. The lowest BCUT2D eigenvalue weighted by molar-refractivity contribution is -0.109. The summed E-state index contributed by atoms with van der Waals surface area (Å²) < 4.78 is 0. The topological polar surface area (TPSA) is 46.3 Å². The molecule has 1 aromatic carbocycles. The minimum Gasteiger partial charge on any atom is -0.398 e. The van der Waals surface area contributed by atoms with Gasteiger partial charge in [0.1, 0.15) is 6.29 Å². The molecule has 92 valence electrons. The van der Waals surface area contributed by atoms with Gasteiger partial charge in [-0.25, -0.2) is 0 Å². The van der Waals surface area contributed by atoms with E-state index < -0.39 is 0 Å². The third-order valence-electron chi connectivity index (χ3n) is 3.51. The second-order valence-electron chi connectivity index (χ2n) is 4.64. The third kappa shape index (κ3) is 2.86. The highest BCUT2D eigenvalue weighted by Gasteiger charge is 2.23. The van der Waals surface area contributed by atoms with Crippen LogP contribution in [0.15, 0.2) is 24.3 Å². The Morgan fingerprint density at radius 2 is 1.94 bits per heavy atom. The molecule has 1 heterocycles. The van der Waals surface area contributed by atoms with Crippen molar-refractivity contribution in [3.8, 4) is 0 Å². The highest BCUT2D eigenvalue weighted by Crippen LogP contribution is 2.30. The second-order valence-corrected chi connectivity index (χ2v) is 4.64. The summed E-state index contributed by atoms with van der Waals surface area (Å²) in [5.74, 6) is 0. The molecule has 1 fully saturated rings. The maximum atomic E-state index is 10.9. The summed E-state index contributed by atoms with van der Waals surface area (Å²) in [7, 11) is 0. The maximum Gasteiger partial charge on any atom is 0.121 e. The first kappa shape index (κ1) is 12.1. The normalized spacial score (nSPS) is 18.8. The zero-order chi connectivity index (χ0) is 12.1. The van der Waals surface area contributed by atoms with Crippen LogP contribution in [0.2, 0.25) is 0 Å². The Balaban J connectivity index is 2.21. The van der Waals surface area contributed by atoms with E-state index in [1.54, 1.807) is 0 Å². The van der Waals surface area contributed by atoms with E-state index in [0.29, 0.717) is 6.42 Å². The molecule has 1 saturated heterocycles. The molecule has 2 N–H and O–H groups in total. The van der Waals surface area contributed by atoms with Crippen molar-refractivity contribution in [2.45, 2.75) is 31.7 Å². The fraction of sp³-hybridized carbons (Fsp3) is 0.500. The van der Waals surface area contributed by atoms with E-state index in [2.05, 4.69) is 4.90 Å². The van der Waals surface area contributed by atoms with Crippen molar-refractivity contribution in [1.82, 2.24) is 4.90 Å². The lowest BCUT2D eigenvalue weighted by Gasteiger charge is -2.34. The predicted molar refractivity (Wildman–Crippen MR) is 69.7 cm³/mol. The number of aldehydes is 1. The molecule has 0 aromatic heterocycles. The summed E-state index contributed by atoms with van der Waals surface area (Å²) in [5.41, 5.74) is 7.91. The molecule has 0 amide bonds. The summed E-state index contributed by atoms with van der Waals surface area (Å²) in [4.78, 5) is 13.3. The number of benzene rings is 1. The molecule has 1 unspecified atom stereocenters. The van der Waals surface area contributed by atoms with E-state index in [0.717, 1.165) is 30.6 Å². The Morgan fingerprint density at radius 3 is 2.59 bits per heavy atom. The van der Waals surface area contributed by atoms with Crippen LogP contribution >= 0.6 is 0 Å². The van der Waals surface area contributed by atoms with Gasteiger partial charge in [0, 0.05) is 18.2 Å². The summed E-state index contributed by atoms with van der Waals surface area (Å²) in [6.07, 6.45) is 5.29. The highest BCUT2D eigenvalue weighted by molar-refractivity contribution is 5.55. The predicted octanol–water partition coefficient (Wildman–Crippen LogP) is 2.38. The fourth-order valence-electron chi connectivity index (χ4n) is 2.61. The van der Waals surface area contributed by atoms with Gasteiger partial charge in [0.2, 0.25) is 0 Å². The van der Waals surface area contributed by atoms with Crippen molar-refractivity contribution >= 4 is 12.0 Å². The van der Waals surface area contributed by atoms with E-state index in [9.17, 15) is 4.79 Å². The second kappa shape index (κ2) is 5.82. The molecule has 0 radical (unpaired) electrons. The minimum atomic E-state index is 0.161. The largest absolute Gasteiger partial charge is 0.398 e. The van der Waals surface area contributed by atoms with Crippen LogP contribution in [-0.4, -0.2) is 24.3 Å². The van der Waals surface area contributed by atoms with Crippen molar-refractivity contribution in [3.63, 3.8) is 0 Å². The van der Waals surface area contributed by atoms with Gasteiger partial charge in [-0.2, -0.15) is 0 Å². The number of piperidine rings is 1. The van der Waals surface area contributed by atoms with Gasteiger partial charge >= 0.3 is 0 Å². The maximum absolute atomic E-state index is 10.9. The molecule has 2 rings (SSSR count). The van der Waals surface area contributed by atoms with Crippen molar-refractivity contribution in [3.05, 3.63) is 29.8 Å². The Bertz CT molecular complexity index is 372. The molecule has 1 aliphatic rings. The minimum absolute atomic E-state index is 0.161. The number of para-hydroxylation sites is 1. The smallest absolute Gasteiger partial charge is 0.121 e. The highest BCUT2D eigenvalue weighted by atomic mass is 16.1. The molecule has 1 aliphatic heterocycles. The summed E-state index contributed by atoms with van der Waals surface area (Å²) >= 11 is 0. The molecular weight excluding hydrogens is 212 g/mol. The molecule has 1 atom stereocenters. The lowest BCUT2D eigenvalue weighted by atomic mass is 9.98. The Labute approximate surface area is 103 Å². The molecular formula is C14H20N2O. The van der Waals surface area contributed by atoms with Crippen LogP contribution in [-0.2, 0) is 4.79 Å². The molecule has 17 heavy (non-hydrogen) atoms. The molecule has 3 heteroatoms. The first-order valence-electron chi connectivity index (χ1n) is 6.35. The molecule has 0 saturated carbocycles. The van der Waals surface area contributed by atoms with Gasteiger partial charge in [-0.1, -0.05) is 24.6 Å². The van der Waals surface area contributed by atoms with Crippen LogP contribution in [0.1, 0.15) is 37.3 Å². The monoisotopic (exact) mass is 232 g/mol. The van der Waals surface area contributed by atoms with Crippen LogP contribution in [0.5, 0.6) is 0 Å². The number of likely N-dealkylation sites (tertiary alicyclic amines) is 1. The average molecular weight is 232 g/mol. The molecule has 1 aromatic rings. The number of nitrogens with zero attached hydrogens (tertiary/aromatic N) is 1. The van der Waals surface area contributed by atoms with Gasteiger partial charge in [-0.05, 0) is 37.6 Å². The number of rotatable bonds is 4. The van der Waals surface area contributed by atoms with Crippen LogP contribution in [0.4, 0.5) is 5.69 Å². The van der Waals surface area contributed by atoms with Crippen molar-refractivity contribution in [2.75, 3.05) is 18.8 Å². The number of anilines is 1. The van der Waals surface area contributed by atoms with E-state index >= 15 is 0 Å². The van der Waals surface area contributed by atoms with Crippen molar-refractivity contribution in [1.29, 1.82) is 0 Å². The number of carbonyl (C=O) groups is 1. The fourth-order valence-corrected chi connectivity index (χ4v) is 2.61. The molecule has 0 spiro atoms. The SMILES string of the molecule is Nc1ccccc1C(CC=O)N1CCCCC1. The van der Waals surface area contributed by atoms with E-state index in [4.69, 9.17) is 5.73 Å². The summed E-state index contributed by atoms with van der Waals surface area (Å²) in [5, 5.41) is 0. The Kier molecular flexibility index (Phi) is 4.15. The van der Waals surface area contributed by atoms with Crippen LogP contribution in [0, 0.1) is 0 Å². The zero-order valence-corrected chi connectivity index (χ0v) is 10.1. The van der Waals surface area contributed by atoms with Gasteiger partial charge in [0.25, 0.3) is 0 Å². The lowest BCUT2D eigenvalue weighted by Crippen LogP contribution is -2.34. The molecule has 3 nitrogen and oxygen atoms in total. The van der Waals surface area contributed by atoms with Gasteiger partial charge in [-0.15, -0.1) is 0 Å². The first-order chi connectivity index (χ1) is 8.33. The summed E-state index contributed by atoms with van der Waals surface area (Å²) in [6, 6.07) is 8.05. The first-order valence-corrected chi connectivity index (χ1v) is 6.35. The van der Waals surface area contributed by atoms with Crippen LogP contribution < -0.4 is 5.73 Å². The molecule has 0 bridgehead atoms. The number of nitrogens with two attached hydrogens (primary N) is 1. The van der Waals surface area contributed by atoms with Gasteiger partial charge in [0.05, 0.1) is 0 Å². The van der Waals surface area contributed by atoms with Gasteiger partial charge < -0.3 is 10.5 Å². The average Bonchev–Trinajstić information content (AvgIpc) is 2.38. The van der Waals surface area contributed by atoms with Crippen molar-refractivity contribution in [2.24, 2.45) is 0 Å². The molecule has 0 aliphatic carbocycles. The van der Waals surface area contributed by atoms with Crippen LogP contribution in [0.25, 0.3) is 0 Å². The van der Waals surface area contributed by atoms with Crippen molar-refractivity contribution < 1.29 is 4.79 Å². The van der Waals surface area contributed by atoms with Gasteiger partial charge in [-0.3, -0.25) is 4.90 Å². The van der Waals surface area contributed by atoms with Crippen LogP contribution in [0.3, 0.4) is 0 Å². The van der Waals surface area contributed by atoms with Gasteiger partial charge in [0.15, 0.2) is 0 Å². The number of carbonyl (C=O) groups excluding carboxylic acids is 1. The number of hydrogen-bond acceptors (Lipinski definition) is 3. The Morgan fingerprint density at radius 1 is 1.24 bits per heavy atom. The Hall–Kier alpha value is -1.35. The van der Waals surface area contributed by atoms with E-state index in [1.165, 1.54) is 19.3 Å². The summed E-state index contributed by atoms with van der Waals surface area (Å²) in [6.45, 7) is 2.15. The zero-order valence-electron chi connectivity index (χ0n) is 10.1. The number of nitrogen functional groups attached to an aromatic ring is 1. The number of hydrogen-bond donors (Lipinski definition) is 1. The third-order valence-corrected chi connectivity index (χ3v) is 3.51.